The highest BCUT2D eigenvalue weighted by molar-refractivity contribution is 5.87. The summed E-state index contributed by atoms with van der Waals surface area (Å²) in [6.45, 7) is 10.1. The van der Waals surface area contributed by atoms with E-state index in [0.717, 1.165) is 18.2 Å². The van der Waals surface area contributed by atoms with Crippen LogP contribution in [0.15, 0.2) is 38.0 Å². The largest absolute Gasteiger partial charge is 0.350 e. The lowest BCUT2D eigenvalue weighted by Crippen LogP contribution is -2.33. The van der Waals surface area contributed by atoms with Crippen molar-refractivity contribution in [2.45, 2.75) is 6.48 Å². The molecule has 0 aliphatic carbocycles. The second kappa shape index (κ2) is 15.1. The van der Waals surface area contributed by atoms with Crippen molar-refractivity contribution in [3.8, 4) is 0 Å². The lowest BCUT2D eigenvalue weighted by atomic mass is 10.5. The second-order valence-electron chi connectivity index (χ2n) is 4.39. The Morgan fingerprint density at radius 1 is 0.680 bits per heavy atom. The highest BCUT2D eigenvalue weighted by Gasteiger charge is 2.10. The van der Waals surface area contributed by atoms with E-state index in [-0.39, 0.29) is 57.2 Å². The number of hydrogen-bond acceptors (Lipinski definition) is 6. The first-order chi connectivity index (χ1) is 12.0. The summed E-state index contributed by atoms with van der Waals surface area (Å²) >= 11 is 0. The van der Waals surface area contributed by atoms with Gasteiger partial charge in [0.15, 0.2) is 0 Å². The van der Waals surface area contributed by atoms with Crippen LogP contribution in [-0.4, -0.2) is 63.7 Å². The van der Waals surface area contributed by atoms with Gasteiger partial charge in [-0.1, -0.05) is 19.7 Å². The van der Waals surface area contributed by atoms with Crippen molar-refractivity contribution in [3.63, 3.8) is 0 Å². The molecule has 0 aromatic heterocycles. The van der Waals surface area contributed by atoms with Gasteiger partial charge in [0, 0.05) is 19.6 Å². The number of rotatable bonds is 15. The zero-order valence-electron chi connectivity index (χ0n) is 14.1. The van der Waals surface area contributed by atoms with Gasteiger partial charge in [-0.05, 0) is 18.2 Å². The Balaban J connectivity index is 4.10. The molecule has 3 amide bonds. The van der Waals surface area contributed by atoms with E-state index in [4.69, 9.17) is 14.2 Å². The fourth-order valence-corrected chi connectivity index (χ4v) is 1.35. The fourth-order valence-electron chi connectivity index (χ4n) is 1.35. The Morgan fingerprint density at radius 2 is 0.960 bits per heavy atom. The highest BCUT2D eigenvalue weighted by atomic mass is 16.8. The van der Waals surface area contributed by atoms with Crippen molar-refractivity contribution in [2.75, 3.05) is 39.5 Å². The van der Waals surface area contributed by atoms with Gasteiger partial charge in [-0.15, -0.1) is 0 Å². The van der Waals surface area contributed by atoms with Crippen LogP contribution in [0.5, 0.6) is 0 Å². The second-order valence-corrected chi connectivity index (χ2v) is 4.39. The molecule has 0 heterocycles. The molecule has 0 saturated heterocycles. The molecule has 0 fully saturated rings. The molecule has 0 bridgehead atoms. The van der Waals surface area contributed by atoms with Crippen LogP contribution in [0.4, 0.5) is 0 Å². The standard InChI is InChI=1S/C16H25N3O6/c1-4-13(20)17-7-10-23-16(24-11-8-18-14(21)5-2)25-12-9-19-15(22)6-3/h4-6,16H,1-3,7-12H2,(H,17,20)(H,18,21)(H,19,22). The Bertz CT molecular complexity index is 400. The average molecular weight is 355 g/mol. The highest BCUT2D eigenvalue weighted by Crippen LogP contribution is 1.97. The molecule has 140 valence electrons. The summed E-state index contributed by atoms with van der Waals surface area (Å²) in [6, 6.07) is 0. The zero-order valence-corrected chi connectivity index (χ0v) is 14.1. The Hall–Kier alpha value is -2.49. The van der Waals surface area contributed by atoms with Crippen LogP contribution in [0.25, 0.3) is 0 Å². The Kier molecular flexibility index (Phi) is 13.6. The third kappa shape index (κ3) is 13.6. The third-order valence-electron chi connectivity index (χ3n) is 2.52. The Morgan fingerprint density at radius 3 is 1.20 bits per heavy atom. The van der Waals surface area contributed by atoms with E-state index in [1.807, 2.05) is 0 Å². The number of carbonyl (C=O) groups is 3. The first-order valence-electron chi connectivity index (χ1n) is 7.59. The predicted molar refractivity (Wildman–Crippen MR) is 91.3 cm³/mol. The molecule has 0 unspecified atom stereocenters. The van der Waals surface area contributed by atoms with Gasteiger partial charge in [-0.25, -0.2) is 0 Å². The van der Waals surface area contributed by atoms with Gasteiger partial charge in [0.05, 0.1) is 19.8 Å². The molecule has 3 N–H and O–H groups in total. The van der Waals surface area contributed by atoms with Crippen LogP contribution in [-0.2, 0) is 28.6 Å². The molecule has 0 atom stereocenters. The van der Waals surface area contributed by atoms with Crippen LogP contribution in [0.2, 0.25) is 0 Å². The van der Waals surface area contributed by atoms with Gasteiger partial charge in [0.25, 0.3) is 6.48 Å². The summed E-state index contributed by atoms with van der Waals surface area (Å²) in [6.07, 6.45) is 3.44. The van der Waals surface area contributed by atoms with Crippen LogP contribution in [0.1, 0.15) is 0 Å². The summed E-state index contributed by atoms with van der Waals surface area (Å²) in [4.78, 5) is 33.1. The molecule has 0 spiro atoms. The quantitative estimate of drug-likeness (QED) is 0.202. The molecule has 0 aromatic rings. The number of amides is 3. The molecular formula is C16H25N3O6. The molecule has 0 aliphatic rings. The summed E-state index contributed by atoms with van der Waals surface area (Å²) in [5.74, 6) is -0.955. The Labute approximate surface area is 147 Å². The van der Waals surface area contributed by atoms with Gasteiger partial charge >= 0.3 is 0 Å². The van der Waals surface area contributed by atoms with Crippen molar-refractivity contribution < 1.29 is 28.6 Å². The van der Waals surface area contributed by atoms with E-state index >= 15 is 0 Å². The number of hydrogen-bond donors (Lipinski definition) is 3. The van der Waals surface area contributed by atoms with E-state index < -0.39 is 6.48 Å². The fraction of sp³-hybridized carbons (Fsp3) is 0.438. The molecule has 9 heteroatoms. The van der Waals surface area contributed by atoms with Crippen LogP contribution < -0.4 is 16.0 Å². The molecule has 9 nitrogen and oxygen atoms in total. The molecule has 0 aromatic carbocycles. The van der Waals surface area contributed by atoms with Crippen LogP contribution >= 0.6 is 0 Å². The summed E-state index contributed by atoms with van der Waals surface area (Å²) in [7, 11) is 0. The minimum Gasteiger partial charge on any atom is -0.350 e. The van der Waals surface area contributed by atoms with E-state index in [2.05, 4.69) is 35.7 Å². The van der Waals surface area contributed by atoms with Crippen molar-refractivity contribution in [3.05, 3.63) is 38.0 Å². The lowest BCUT2D eigenvalue weighted by molar-refractivity contribution is -0.285. The van der Waals surface area contributed by atoms with Crippen molar-refractivity contribution in [2.24, 2.45) is 0 Å². The van der Waals surface area contributed by atoms with E-state index in [0.29, 0.717) is 0 Å². The lowest BCUT2D eigenvalue weighted by Gasteiger charge is -2.19. The maximum absolute atomic E-state index is 11.0. The van der Waals surface area contributed by atoms with Gasteiger partial charge in [-0.3, -0.25) is 14.4 Å². The smallest absolute Gasteiger partial charge is 0.271 e. The number of ether oxygens (including phenoxy) is 3. The van der Waals surface area contributed by atoms with Crippen LogP contribution in [0.3, 0.4) is 0 Å². The van der Waals surface area contributed by atoms with Gasteiger partial charge < -0.3 is 30.2 Å². The minimum atomic E-state index is -1.01. The molecule has 0 rings (SSSR count). The summed E-state index contributed by atoms with van der Waals surface area (Å²) < 4.78 is 16.0. The van der Waals surface area contributed by atoms with Gasteiger partial charge in [-0.2, -0.15) is 0 Å². The van der Waals surface area contributed by atoms with Crippen molar-refractivity contribution in [1.82, 2.24) is 16.0 Å². The zero-order chi connectivity index (χ0) is 18.9. The molecular weight excluding hydrogens is 330 g/mol. The minimum absolute atomic E-state index is 0.141. The topological polar surface area (TPSA) is 115 Å². The van der Waals surface area contributed by atoms with E-state index in [1.54, 1.807) is 0 Å². The molecule has 0 radical (unpaired) electrons. The van der Waals surface area contributed by atoms with E-state index in [1.165, 1.54) is 0 Å². The predicted octanol–water partition coefficient (Wildman–Crippen LogP) is -0.774. The normalized spacial score (nSPS) is 9.96. The van der Waals surface area contributed by atoms with Gasteiger partial charge in [0.2, 0.25) is 17.7 Å². The van der Waals surface area contributed by atoms with Crippen molar-refractivity contribution in [1.29, 1.82) is 0 Å². The maximum atomic E-state index is 11.0. The van der Waals surface area contributed by atoms with Gasteiger partial charge in [0.1, 0.15) is 0 Å². The molecule has 0 saturated carbocycles. The first kappa shape index (κ1) is 22.5. The molecule has 0 aliphatic heterocycles. The maximum Gasteiger partial charge on any atom is 0.271 e. The van der Waals surface area contributed by atoms with Crippen LogP contribution in [0, 0.1) is 0 Å². The monoisotopic (exact) mass is 355 g/mol. The van der Waals surface area contributed by atoms with Crippen molar-refractivity contribution >= 4 is 17.7 Å². The summed E-state index contributed by atoms with van der Waals surface area (Å²) in [5, 5.41) is 7.61. The first-order valence-corrected chi connectivity index (χ1v) is 7.59. The van der Waals surface area contributed by atoms with E-state index in [9.17, 15) is 14.4 Å². The number of carbonyl (C=O) groups excluding carboxylic acids is 3. The molecule has 25 heavy (non-hydrogen) atoms. The number of nitrogens with one attached hydrogen (secondary N) is 3. The third-order valence-corrected chi connectivity index (χ3v) is 2.52. The SMILES string of the molecule is C=CC(=O)NCCOC(OCCNC(=O)C=C)OCCNC(=O)C=C. The summed E-state index contributed by atoms with van der Waals surface area (Å²) in [5.41, 5.74) is 0. The average Bonchev–Trinajstić information content (AvgIpc) is 2.63.